The largest absolute Gasteiger partial charge is 0.338 e. The van der Waals surface area contributed by atoms with Crippen LogP contribution in [0.15, 0.2) is 48.5 Å². The molecule has 0 fully saturated rings. The lowest BCUT2D eigenvalue weighted by atomic mass is 10.1. The maximum Gasteiger partial charge on any atom is 0.269 e. The van der Waals surface area contributed by atoms with E-state index in [2.05, 4.69) is 5.32 Å². The van der Waals surface area contributed by atoms with Gasteiger partial charge in [-0.05, 0) is 31.5 Å². The van der Waals surface area contributed by atoms with E-state index in [-0.39, 0.29) is 35.0 Å². The van der Waals surface area contributed by atoms with Crippen LogP contribution >= 0.6 is 11.8 Å². The molecule has 1 atom stereocenters. The fourth-order valence-electron chi connectivity index (χ4n) is 2.50. The molecule has 2 aromatic rings. The minimum absolute atomic E-state index is 0.00708. The quantitative estimate of drug-likeness (QED) is 0.537. The summed E-state index contributed by atoms with van der Waals surface area (Å²) in [5.41, 5.74) is 2.51. The highest BCUT2D eigenvalue weighted by Crippen LogP contribution is 2.23. The molecule has 1 N–H and O–H groups in total. The number of nitrogens with one attached hydrogen (secondary N) is 1. The monoisotopic (exact) mass is 401 g/mol. The van der Waals surface area contributed by atoms with E-state index in [1.807, 2.05) is 38.1 Å². The van der Waals surface area contributed by atoms with Gasteiger partial charge in [0.1, 0.15) is 0 Å². The number of anilines is 1. The average molecular weight is 401 g/mol. The SMILES string of the molecule is Cc1ccc(NC(=O)CSCC(=O)N(C)[C@H](C)c2cccc([N+](=O)[O-])c2)cc1. The zero-order valence-corrected chi connectivity index (χ0v) is 16.9. The highest BCUT2D eigenvalue weighted by Gasteiger charge is 2.19. The Hall–Kier alpha value is -2.87. The molecule has 0 aliphatic carbocycles. The maximum atomic E-state index is 12.4. The molecule has 0 bridgehead atoms. The Bertz CT molecular complexity index is 855. The molecule has 28 heavy (non-hydrogen) atoms. The summed E-state index contributed by atoms with van der Waals surface area (Å²) in [5, 5.41) is 13.7. The van der Waals surface area contributed by atoms with Crippen molar-refractivity contribution >= 4 is 35.0 Å². The number of non-ortho nitro benzene ring substituents is 1. The molecule has 0 aliphatic heterocycles. The van der Waals surface area contributed by atoms with Crippen LogP contribution in [0.2, 0.25) is 0 Å². The Kier molecular flexibility index (Phi) is 7.57. The van der Waals surface area contributed by atoms with Crippen LogP contribution in [0, 0.1) is 17.0 Å². The van der Waals surface area contributed by atoms with Crippen molar-refractivity contribution in [3.05, 3.63) is 69.8 Å². The fourth-order valence-corrected chi connectivity index (χ4v) is 3.24. The van der Waals surface area contributed by atoms with Crippen LogP contribution < -0.4 is 5.32 Å². The van der Waals surface area contributed by atoms with Crippen LogP contribution in [-0.4, -0.2) is 40.2 Å². The maximum absolute atomic E-state index is 12.4. The lowest BCUT2D eigenvalue weighted by molar-refractivity contribution is -0.384. The molecule has 2 rings (SSSR count). The lowest BCUT2D eigenvalue weighted by Gasteiger charge is -2.25. The van der Waals surface area contributed by atoms with E-state index in [9.17, 15) is 19.7 Å². The van der Waals surface area contributed by atoms with E-state index in [0.717, 1.165) is 11.3 Å². The molecule has 2 amide bonds. The van der Waals surface area contributed by atoms with Crippen molar-refractivity contribution in [2.24, 2.45) is 0 Å². The first kappa shape index (κ1) is 21.4. The van der Waals surface area contributed by atoms with E-state index in [1.54, 1.807) is 19.2 Å². The van der Waals surface area contributed by atoms with Crippen molar-refractivity contribution in [2.45, 2.75) is 19.9 Å². The third-order valence-electron chi connectivity index (χ3n) is 4.33. The number of nitro benzene ring substituents is 1. The predicted octanol–water partition coefficient (Wildman–Crippen LogP) is 3.79. The van der Waals surface area contributed by atoms with Gasteiger partial charge in [0.2, 0.25) is 11.8 Å². The van der Waals surface area contributed by atoms with Gasteiger partial charge in [-0.25, -0.2) is 0 Å². The molecule has 0 unspecified atom stereocenters. The van der Waals surface area contributed by atoms with E-state index in [4.69, 9.17) is 0 Å². The third kappa shape index (κ3) is 6.09. The van der Waals surface area contributed by atoms with Gasteiger partial charge in [0.15, 0.2) is 0 Å². The van der Waals surface area contributed by atoms with Gasteiger partial charge in [-0.15, -0.1) is 11.8 Å². The average Bonchev–Trinajstić information content (AvgIpc) is 2.68. The zero-order valence-electron chi connectivity index (χ0n) is 16.0. The minimum atomic E-state index is -0.458. The number of aryl methyl sites for hydroxylation is 1. The number of nitrogens with zero attached hydrogens (tertiary/aromatic N) is 2. The first-order valence-electron chi connectivity index (χ1n) is 8.72. The van der Waals surface area contributed by atoms with E-state index >= 15 is 0 Å². The standard InChI is InChI=1S/C20H23N3O4S/c1-14-7-9-17(10-8-14)21-19(24)12-28-13-20(25)22(3)15(2)16-5-4-6-18(11-16)23(26)27/h4-11,15H,12-13H2,1-3H3,(H,21,24)/t15-/m1/s1. The first-order valence-corrected chi connectivity index (χ1v) is 9.87. The van der Waals surface area contributed by atoms with Gasteiger partial charge in [-0.3, -0.25) is 19.7 Å². The molecule has 0 heterocycles. The summed E-state index contributed by atoms with van der Waals surface area (Å²) in [6.45, 7) is 3.78. The van der Waals surface area contributed by atoms with Gasteiger partial charge in [-0.1, -0.05) is 29.8 Å². The summed E-state index contributed by atoms with van der Waals surface area (Å²) in [6, 6.07) is 13.4. The van der Waals surface area contributed by atoms with Gasteiger partial charge in [0, 0.05) is 24.9 Å². The van der Waals surface area contributed by atoms with Gasteiger partial charge in [0.05, 0.1) is 22.5 Å². The molecule has 2 aromatic carbocycles. The molecular formula is C20H23N3O4S. The van der Waals surface area contributed by atoms with Gasteiger partial charge >= 0.3 is 0 Å². The van der Waals surface area contributed by atoms with E-state index in [0.29, 0.717) is 5.56 Å². The van der Waals surface area contributed by atoms with Crippen LogP contribution in [0.5, 0.6) is 0 Å². The third-order valence-corrected chi connectivity index (χ3v) is 5.25. The topological polar surface area (TPSA) is 92.6 Å². The molecule has 0 aliphatic rings. The van der Waals surface area contributed by atoms with Crippen molar-refractivity contribution in [2.75, 3.05) is 23.9 Å². The number of carbonyl (C=O) groups is 2. The molecule has 0 aromatic heterocycles. The number of benzene rings is 2. The molecule has 0 saturated carbocycles. The summed E-state index contributed by atoms with van der Waals surface area (Å²) >= 11 is 1.23. The fraction of sp³-hybridized carbons (Fsp3) is 0.300. The summed E-state index contributed by atoms with van der Waals surface area (Å²) in [6.07, 6.45) is 0. The number of hydrogen-bond donors (Lipinski definition) is 1. The van der Waals surface area contributed by atoms with Gasteiger partial charge in [0.25, 0.3) is 5.69 Å². The molecule has 0 saturated heterocycles. The number of nitro groups is 1. The van der Waals surface area contributed by atoms with Crippen LogP contribution in [0.3, 0.4) is 0 Å². The second-order valence-electron chi connectivity index (χ2n) is 6.44. The number of thioether (sulfide) groups is 1. The van der Waals surface area contributed by atoms with Gasteiger partial charge in [-0.2, -0.15) is 0 Å². The highest BCUT2D eigenvalue weighted by atomic mass is 32.2. The van der Waals surface area contributed by atoms with Crippen molar-refractivity contribution in [1.29, 1.82) is 0 Å². The predicted molar refractivity (Wildman–Crippen MR) is 111 cm³/mol. The Labute approximate surface area is 168 Å². The smallest absolute Gasteiger partial charge is 0.269 e. The highest BCUT2D eigenvalue weighted by molar-refractivity contribution is 8.00. The van der Waals surface area contributed by atoms with Crippen LogP contribution in [-0.2, 0) is 9.59 Å². The Morgan fingerprint density at radius 3 is 2.50 bits per heavy atom. The van der Waals surface area contributed by atoms with Crippen molar-refractivity contribution < 1.29 is 14.5 Å². The Balaban J connectivity index is 1.83. The van der Waals surface area contributed by atoms with Crippen molar-refractivity contribution in [3.63, 3.8) is 0 Å². The zero-order chi connectivity index (χ0) is 20.7. The minimum Gasteiger partial charge on any atom is -0.338 e. The molecular weight excluding hydrogens is 378 g/mol. The first-order chi connectivity index (χ1) is 13.3. The number of hydrogen-bond acceptors (Lipinski definition) is 5. The van der Waals surface area contributed by atoms with E-state index < -0.39 is 4.92 Å². The molecule has 0 spiro atoms. The Morgan fingerprint density at radius 2 is 1.86 bits per heavy atom. The molecule has 148 valence electrons. The number of amides is 2. The van der Waals surface area contributed by atoms with Crippen LogP contribution in [0.4, 0.5) is 11.4 Å². The molecule has 0 radical (unpaired) electrons. The summed E-state index contributed by atoms with van der Waals surface area (Å²) in [5.74, 6) is -0.00129. The molecule has 8 heteroatoms. The lowest BCUT2D eigenvalue weighted by Crippen LogP contribution is -2.31. The van der Waals surface area contributed by atoms with Gasteiger partial charge < -0.3 is 10.2 Å². The number of rotatable bonds is 8. The summed E-state index contributed by atoms with van der Waals surface area (Å²) in [7, 11) is 1.65. The summed E-state index contributed by atoms with van der Waals surface area (Å²) in [4.78, 5) is 36.4. The molecule has 7 nitrogen and oxygen atoms in total. The van der Waals surface area contributed by atoms with E-state index in [1.165, 1.54) is 28.8 Å². The van der Waals surface area contributed by atoms with Crippen molar-refractivity contribution in [1.82, 2.24) is 4.90 Å². The normalized spacial score (nSPS) is 11.5. The second-order valence-corrected chi connectivity index (χ2v) is 7.43. The second kappa shape index (κ2) is 9.89. The van der Waals surface area contributed by atoms with Crippen LogP contribution in [0.25, 0.3) is 0 Å². The number of carbonyl (C=O) groups excluding carboxylic acids is 2. The van der Waals surface area contributed by atoms with Crippen molar-refractivity contribution in [3.8, 4) is 0 Å². The van der Waals surface area contributed by atoms with Crippen LogP contribution in [0.1, 0.15) is 24.1 Å². The Morgan fingerprint density at radius 1 is 1.18 bits per heavy atom. The summed E-state index contributed by atoms with van der Waals surface area (Å²) < 4.78 is 0.